The predicted molar refractivity (Wildman–Crippen MR) is 91.4 cm³/mol. The molecule has 2 heterocycles. The van der Waals surface area contributed by atoms with E-state index in [0.29, 0.717) is 29.5 Å². The van der Waals surface area contributed by atoms with Crippen molar-refractivity contribution in [3.05, 3.63) is 53.8 Å². The third-order valence-corrected chi connectivity index (χ3v) is 3.65. The van der Waals surface area contributed by atoms with Gasteiger partial charge in [-0.05, 0) is 43.2 Å². The highest BCUT2D eigenvalue weighted by Crippen LogP contribution is 2.26. The first-order valence-electron chi connectivity index (χ1n) is 7.78. The van der Waals surface area contributed by atoms with E-state index in [1.54, 1.807) is 12.3 Å². The molecule has 4 nitrogen and oxygen atoms in total. The second-order valence-corrected chi connectivity index (χ2v) is 6.16. The van der Waals surface area contributed by atoms with Gasteiger partial charge in [-0.2, -0.15) is 0 Å². The standard InChI is InChI=1S/C19H20N2O2/c1-12(2)11-20-19(22)15-10-17(18-5-4-8-23-18)21-16-7-6-13(3)9-14(15)16/h4-10,12H,11H2,1-3H3,(H,20,22). The van der Waals surface area contributed by atoms with E-state index in [2.05, 4.69) is 24.1 Å². The fourth-order valence-corrected chi connectivity index (χ4v) is 2.47. The molecule has 0 aliphatic rings. The molecule has 2 aromatic heterocycles. The molecule has 0 radical (unpaired) electrons. The minimum absolute atomic E-state index is 0.0792. The number of nitrogens with zero attached hydrogens (tertiary/aromatic N) is 1. The maximum Gasteiger partial charge on any atom is 0.252 e. The maximum absolute atomic E-state index is 12.6. The smallest absolute Gasteiger partial charge is 0.252 e. The van der Waals surface area contributed by atoms with Crippen molar-refractivity contribution in [2.24, 2.45) is 5.92 Å². The second kappa shape index (κ2) is 6.24. The van der Waals surface area contributed by atoms with Gasteiger partial charge in [0.1, 0.15) is 5.69 Å². The Morgan fingerprint density at radius 1 is 1.26 bits per heavy atom. The Hall–Kier alpha value is -2.62. The first kappa shape index (κ1) is 15.3. The Bertz CT molecular complexity index is 836. The fraction of sp³-hybridized carbons (Fsp3) is 0.263. The molecule has 1 aromatic carbocycles. The summed E-state index contributed by atoms with van der Waals surface area (Å²) in [6.07, 6.45) is 1.61. The average Bonchev–Trinajstić information content (AvgIpc) is 3.06. The number of furan rings is 1. The molecule has 23 heavy (non-hydrogen) atoms. The molecule has 0 aliphatic carbocycles. The van der Waals surface area contributed by atoms with Gasteiger partial charge in [0.05, 0.1) is 17.3 Å². The Labute approximate surface area is 135 Å². The molecule has 4 heteroatoms. The van der Waals surface area contributed by atoms with Crippen LogP contribution in [0.15, 0.2) is 47.1 Å². The predicted octanol–water partition coefficient (Wildman–Crippen LogP) is 4.19. The lowest BCUT2D eigenvalue weighted by atomic mass is 10.0. The molecule has 0 unspecified atom stereocenters. The molecule has 3 aromatic rings. The van der Waals surface area contributed by atoms with Crippen molar-refractivity contribution in [1.82, 2.24) is 10.3 Å². The van der Waals surface area contributed by atoms with Crippen molar-refractivity contribution in [1.29, 1.82) is 0 Å². The van der Waals surface area contributed by atoms with E-state index < -0.39 is 0 Å². The summed E-state index contributed by atoms with van der Waals surface area (Å²) in [5.41, 5.74) is 3.19. The molecule has 0 saturated heterocycles. The van der Waals surface area contributed by atoms with Gasteiger partial charge in [0, 0.05) is 11.9 Å². The van der Waals surface area contributed by atoms with Crippen molar-refractivity contribution >= 4 is 16.8 Å². The number of nitrogens with one attached hydrogen (secondary N) is 1. The van der Waals surface area contributed by atoms with Crippen molar-refractivity contribution < 1.29 is 9.21 Å². The van der Waals surface area contributed by atoms with Gasteiger partial charge in [0.25, 0.3) is 5.91 Å². The Kier molecular flexibility index (Phi) is 4.15. The topological polar surface area (TPSA) is 55.1 Å². The minimum Gasteiger partial charge on any atom is -0.463 e. The van der Waals surface area contributed by atoms with E-state index in [1.807, 2.05) is 37.3 Å². The van der Waals surface area contributed by atoms with E-state index in [-0.39, 0.29) is 5.91 Å². The number of hydrogen-bond acceptors (Lipinski definition) is 3. The molecular weight excluding hydrogens is 288 g/mol. The number of benzene rings is 1. The van der Waals surface area contributed by atoms with Crippen LogP contribution in [-0.4, -0.2) is 17.4 Å². The largest absolute Gasteiger partial charge is 0.463 e. The third-order valence-electron chi connectivity index (χ3n) is 3.65. The van der Waals surface area contributed by atoms with Crippen LogP contribution in [0.5, 0.6) is 0 Å². The lowest BCUT2D eigenvalue weighted by Crippen LogP contribution is -2.27. The molecule has 1 N–H and O–H groups in total. The first-order chi connectivity index (χ1) is 11.0. The number of carbonyl (C=O) groups is 1. The highest BCUT2D eigenvalue weighted by Gasteiger charge is 2.15. The number of aromatic nitrogens is 1. The summed E-state index contributed by atoms with van der Waals surface area (Å²) in [5.74, 6) is 0.980. The lowest BCUT2D eigenvalue weighted by Gasteiger charge is -2.11. The quantitative estimate of drug-likeness (QED) is 0.786. The van der Waals surface area contributed by atoms with Crippen molar-refractivity contribution in [2.45, 2.75) is 20.8 Å². The van der Waals surface area contributed by atoms with Crippen LogP contribution in [0, 0.1) is 12.8 Å². The van der Waals surface area contributed by atoms with Gasteiger partial charge in [0.2, 0.25) is 0 Å². The highest BCUT2D eigenvalue weighted by molar-refractivity contribution is 6.07. The van der Waals surface area contributed by atoms with Crippen LogP contribution in [0.1, 0.15) is 29.8 Å². The molecule has 3 rings (SSSR count). The Morgan fingerprint density at radius 2 is 2.09 bits per heavy atom. The zero-order chi connectivity index (χ0) is 16.4. The lowest BCUT2D eigenvalue weighted by molar-refractivity contribution is 0.0950. The molecule has 118 valence electrons. The molecule has 0 spiro atoms. The summed E-state index contributed by atoms with van der Waals surface area (Å²) in [6, 6.07) is 11.4. The number of rotatable bonds is 4. The summed E-state index contributed by atoms with van der Waals surface area (Å²) in [6.45, 7) is 6.80. The maximum atomic E-state index is 12.6. The number of aryl methyl sites for hydroxylation is 1. The zero-order valence-corrected chi connectivity index (χ0v) is 13.6. The molecule has 0 saturated carbocycles. The summed E-state index contributed by atoms with van der Waals surface area (Å²) in [7, 11) is 0. The summed E-state index contributed by atoms with van der Waals surface area (Å²) < 4.78 is 5.43. The molecule has 0 atom stereocenters. The molecule has 0 bridgehead atoms. The number of pyridine rings is 1. The van der Waals surface area contributed by atoms with Gasteiger partial charge in [-0.3, -0.25) is 4.79 Å². The van der Waals surface area contributed by atoms with Crippen LogP contribution >= 0.6 is 0 Å². The van der Waals surface area contributed by atoms with Crippen LogP contribution < -0.4 is 5.32 Å². The van der Waals surface area contributed by atoms with Gasteiger partial charge in [-0.15, -0.1) is 0 Å². The first-order valence-corrected chi connectivity index (χ1v) is 7.78. The van der Waals surface area contributed by atoms with E-state index in [1.165, 1.54) is 0 Å². The number of fused-ring (bicyclic) bond motifs is 1. The normalized spacial score (nSPS) is 11.1. The average molecular weight is 308 g/mol. The Morgan fingerprint density at radius 3 is 2.78 bits per heavy atom. The summed E-state index contributed by atoms with van der Waals surface area (Å²) in [4.78, 5) is 17.3. The van der Waals surface area contributed by atoms with Crippen LogP contribution in [0.25, 0.3) is 22.4 Å². The zero-order valence-electron chi connectivity index (χ0n) is 13.6. The SMILES string of the molecule is Cc1ccc2nc(-c3ccco3)cc(C(=O)NCC(C)C)c2c1. The van der Waals surface area contributed by atoms with E-state index in [9.17, 15) is 4.79 Å². The second-order valence-electron chi connectivity index (χ2n) is 6.16. The summed E-state index contributed by atoms with van der Waals surface area (Å²) in [5, 5.41) is 3.85. The fourth-order valence-electron chi connectivity index (χ4n) is 2.47. The molecule has 1 amide bonds. The van der Waals surface area contributed by atoms with Gasteiger partial charge >= 0.3 is 0 Å². The van der Waals surface area contributed by atoms with Crippen LogP contribution in [-0.2, 0) is 0 Å². The van der Waals surface area contributed by atoms with Gasteiger partial charge in [-0.25, -0.2) is 4.98 Å². The number of amides is 1. The van der Waals surface area contributed by atoms with Crippen molar-refractivity contribution in [3.8, 4) is 11.5 Å². The third kappa shape index (κ3) is 3.26. The highest BCUT2D eigenvalue weighted by atomic mass is 16.3. The molecule has 0 aliphatic heterocycles. The monoisotopic (exact) mass is 308 g/mol. The van der Waals surface area contributed by atoms with Gasteiger partial charge in [0.15, 0.2) is 5.76 Å². The van der Waals surface area contributed by atoms with Gasteiger partial charge in [-0.1, -0.05) is 25.5 Å². The number of hydrogen-bond donors (Lipinski definition) is 1. The molecular formula is C19H20N2O2. The van der Waals surface area contributed by atoms with Crippen LogP contribution in [0.2, 0.25) is 0 Å². The van der Waals surface area contributed by atoms with E-state index in [4.69, 9.17) is 4.42 Å². The molecule has 0 fully saturated rings. The van der Waals surface area contributed by atoms with Crippen molar-refractivity contribution in [2.75, 3.05) is 6.54 Å². The van der Waals surface area contributed by atoms with Gasteiger partial charge < -0.3 is 9.73 Å². The Balaban J connectivity index is 2.12. The van der Waals surface area contributed by atoms with E-state index in [0.717, 1.165) is 16.5 Å². The van der Waals surface area contributed by atoms with Crippen LogP contribution in [0.3, 0.4) is 0 Å². The minimum atomic E-state index is -0.0792. The van der Waals surface area contributed by atoms with Crippen molar-refractivity contribution in [3.63, 3.8) is 0 Å². The van der Waals surface area contributed by atoms with Crippen LogP contribution in [0.4, 0.5) is 0 Å². The van der Waals surface area contributed by atoms with E-state index >= 15 is 0 Å². The summed E-state index contributed by atoms with van der Waals surface area (Å²) >= 11 is 0. The number of carbonyl (C=O) groups excluding carboxylic acids is 1.